The van der Waals surface area contributed by atoms with E-state index in [0.717, 1.165) is 5.56 Å². The second-order valence-corrected chi connectivity index (χ2v) is 5.97. The van der Waals surface area contributed by atoms with Gasteiger partial charge in [-0.25, -0.2) is 8.42 Å². The van der Waals surface area contributed by atoms with Gasteiger partial charge < -0.3 is 10.5 Å². The molecule has 0 atom stereocenters. The Morgan fingerprint density at radius 1 is 1.29 bits per heavy atom. The number of nitrogen functional groups attached to an aromatic ring is 1. The lowest BCUT2D eigenvalue weighted by atomic mass is 10.2. The Kier molecular flexibility index (Phi) is 3.37. The van der Waals surface area contributed by atoms with Gasteiger partial charge in [0.15, 0.2) is 0 Å². The van der Waals surface area contributed by atoms with E-state index in [2.05, 4.69) is 0 Å². The molecular formula is C11H16N2O3S. The maximum absolute atomic E-state index is 12.3. The molecule has 0 aromatic heterocycles. The lowest BCUT2D eigenvalue weighted by Crippen LogP contribution is -2.40. The maximum atomic E-state index is 12.3. The Labute approximate surface area is 101 Å². The van der Waals surface area contributed by atoms with Crippen LogP contribution in [0.1, 0.15) is 5.56 Å². The van der Waals surface area contributed by atoms with Crippen molar-refractivity contribution in [3.8, 4) is 0 Å². The predicted octanol–water partition coefficient (Wildman–Crippen LogP) is 0.598. The number of sulfonamides is 1. The first-order chi connectivity index (χ1) is 8.01. The van der Waals surface area contributed by atoms with Gasteiger partial charge >= 0.3 is 0 Å². The highest BCUT2D eigenvalue weighted by molar-refractivity contribution is 7.89. The summed E-state index contributed by atoms with van der Waals surface area (Å²) in [4.78, 5) is 0.252. The monoisotopic (exact) mass is 256 g/mol. The molecule has 94 valence electrons. The van der Waals surface area contributed by atoms with Crippen LogP contribution in [-0.4, -0.2) is 39.0 Å². The summed E-state index contributed by atoms with van der Waals surface area (Å²) in [5, 5.41) is 0. The van der Waals surface area contributed by atoms with Crippen molar-refractivity contribution in [2.24, 2.45) is 0 Å². The van der Waals surface area contributed by atoms with Crippen molar-refractivity contribution in [2.45, 2.75) is 11.8 Å². The van der Waals surface area contributed by atoms with Gasteiger partial charge in [-0.15, -0.1) is 0 Å². The quantitative estimate of drug-likeness (QED) is 0.786. The van der Waals surface area contributed by atoms with Gasteiger partial charge in [0.25, 0.3) is 0 Å². The number of benzene rings is 1. The van der Waals surface area contributed by atoms with Crippen LogP contribution in [0.3, 0.4) is 0 Å². The lowest BCUT2D eigenvalue weighted by Gasteiger charge is -2.26. The SMILES string of the molecule is Cc1ccc(S(=O)(=O)N2CCOCC2)cc1N. The van der Waals surface area contributed by atoms with E-state index in [1.807, 2.05) is 6.92 Å². The Morgan fingerprint density at radius 2 is 1.94 bits per heavy atom. The summed E-state index contributed by atoms with van der Waals surface area (Å²) < 4.78 is 31.1. The fourth-order valence-corrected chi connectivity index (χ4v) is 3.16. The fourth-order valence-electron chi connectivity index (χ4n) is 1.72. The maximum Gasteiger partial charge on any atom is 0.243 e. The van der Waals surface area contributed by atoms with E-state index in [1.165, 1.54) is 10.4 Å². The second kappa shape index (κ2) is 4.64. The van der Waals surface area contributed by atoms with Gasteiger partial charge in [-0.2, -0.15) is 4.31 Å². The van der Waals surface area contributed by atoms with Gasteiger partial charge in [0, 0.05) is 18.8 Å². The lowest BCUT2D eigenvalue weighted by molar-refractivity contribution is 0.0730. The van der Waals surface area contributed by atoms with Crippen molar-refractivity contribution in [3.63, 3.8) is 0 Å². The number of nitrogens with two attached hydrogens (primary N) is 1. The van der Waals surface area contributed by atoms with Gasteiger partial charge in [0.2, 0.25) is 10.0 Å². The zero-order valence-electron chi connectivity index (χ0n) is 9.72. The molecule has 1 heterocycles. The molecule has 0 spiro atoms. The van der Waals surface area contributed by atoms with E-state index in [0.29, 0.717) is 32.0 Å². The van der Waals surface area contributed by atoms with Crippen LogP contribution in [0.25, 0.3) is 0 Å². The standard InChI is InChI=1S/C11H16N2O3S/c1-9-2-3-10(8-11(9)12)17(14,15)13-4-6-16-7-5-13/h2-3,8H,4-7,12H2,1H3. The highest BCUT2D eigenvalue weighted by Gasteiger charge is 2.26. The average molecular weight is 256 g/mol. The molecule has 0 saturated carbocycles. The van der Waals surface area contributed by atoms with E-state index in [1.54, 1.807) is 12.1 Å². The third kappa shape index (κ3) is 2.43. The first-order valence-corrected chi connectivity index (χ1v) is 6.90. The van der Waals surface area contributed by atoms with Gasteiger partial charge in [0.1, 0.15) is 0 Å². The molecule has 2 rings (SSSR count). The zero-order chi connectivity index (χ0) is 12.5. The van der Waals surface area contributed by atoms with Gasteiger partial charge in [-0.05, 0) is 24.6 Å². The molecule has 0 amide bonds. The summed E-state index contributed by atoms with van der Waals surface area (Å²) >= 11 is 0. The number of ether oxygens (including phenoxy) is 1. The highest BCUT2D eigenvalue weighted by Crippen LogP contribution is 2.21. The van der Waals surface area contributed by atoms with E-state index >= 15 is 0 Å². The number of hydrogen-bond acceptors (Lipinski definition) is 4. The minimum Gasteiger partial charge on any atom is -0.398 e. The third-order valence-electron chi connectivity index (χ3n) is 2.86. The minimum absolute atomic E-state index is 0.252. The Hall–Kier alpha value is -1.11. The van der Waals surface area contributed by atoms with Crippen LogP contribution < -0.4 is 5.73 Å². The molecule has 1 aromatic rings. The largest absolute Gasteiger partial charge is 0.398 e. The van der Waals surface area contributed by atoms with Crippen molar-refractivity contribution in [1.82, 2.24) is 4.31 Å². The molecule has 1 aliphatic rings. The van der Waals surface area contributed by atoms with E-state index in [4.69, 9.17) is 10.5 Å². The van der Waals surface area contributed by atoms with Crippen LogP contribution in [0, 0.1) is 6.92 Å². The summed E-state index contributed by atoms with van der Waals surface area (Å²) in [7, 11) is -3.43. The average Bonchev–Trinajstić information content (AvgIpc) is 2.33. The van der Waals surface area contributed by atoms with Crippen molar-refractivity contribution in [2.75, 3.05) is 32.0 Å². The number of anilines is 1. The molecule has 0 aliphatic carbocycles. The highest BCUT2D eigenvalue weighted by atomic mass is 32.2. The van der Waals surface area contributed by atoms with Crippen molar-refractivity contribution in [3.05, 3.63) is 23.8 Å². The molecule has 0 unspecified atom stereocenters. The van der Waals surface area contributed by atoms with Crippen LogP contribution >= 0.6 is 0 Å². The predicted molar refractivity (Wildman–Crippen MR) is 65.2 cm³/mol. The van der Waals surface area contributed by atoms with Crippen LogP contribution in [0.4, 0.5) is 5.69 Å². The van der Waals surface area contributed by atoms with Crippen molar-refractivity contribution in [1.29, 1.82) is 0 Å². The molecule has 0 radical (unpaired) electrons. The van der Waals surface area contributed by atoms with Crippen molar-refractivity contribution < 1.29 is 13.2 Å². The number of rotatable bonds is 2. The van der Waals surface area contributed by atoms with Crippen LogP contribution in [0.2, 0.25) is 0 Å². The molecule has 1 saturated heterocycles. The molecular weight excluding hydrogens is 240 g/mol. The molecule has 1 aliphatic heterocycles. The zero-order valence-corrected chi connectivity index (χ0v) is 10.5. The Bertz CT molecular complexity index is 507. The topological polar surface area (TPSA) is 72.6 Å². The first-order valence-electron chi connectivity index (χ1n) is 5.46. The number of morpholine rings is 1. The van der Waals surface area contributed by atoms with Gasteiger partial charge in [0.05, 0.1) is 18.1 Å². The van der Waals surface area contributed by atoms with Gasteiger partial charge in [-0.3, -0.25) is 0 Å². The summed E-state index contributed by atoms with van der Waals surface area (Å²) in [5.41, 5.74) is 7.12. The number of nitrogens with zero attached hydrogens (tertiary/aromatic N) is 1. The smallest absolute Gasteiger partial charge is 0.243 e. The molecule has 17 heavy (non-hydrogen) atoms. The van der Waals surface area contributed by atoms with E-state index < -0.39 is 10.0 Å². The summed E-state index contributed by atoms with van der Waals surface area (Å²) in [6.07, 6.45) is 0. The molecule has 6 heteroatoms. The van der Waals surface area contributed by atoms with E-state index in [9.17, 15) is 8.42 Å². The third-order valence-corrected chi connectivity index (χ3v) is 4.75. The summed E-state index contributed by atoms with van der Waals surface area (Å²) in [6, 6.07) is 4.83. The van der Waals surface area contributed by atoms with E-state index in [-0.39, 0.29) is 4.90 Å². The normalized spacial score (nSPS) is 18.2. The Morgan fingerprint density at radius 3 is 2.53 bits per heavy atom. The Balaban J connectivity index is 2.33. The number of hydrogen-bond donors (Lipinski definition) is 1. The molecule has 2 N–H and O–H groups in total. The molecule has 5 nitrogen and oxygen atoms in total. The second-order valence-electron chi connectivity index (χ2n) is 4.03. The van der Waals surface area contributed by atoms with Crippen LogP contribution in [-0.2, 0) is 14.8 Å². The molecule has 1 fully saturated rings. The van der Waals surface area contributed by atoms with Gasteiger partial charge in [-0.1, -0.05) is 6.07 Å². The summed E-state index contributed by atoms with van der Waals surface area (Å²) in [5.74, 6) is 0. The first kappa shape index (κ1) is 12.3. The molecule has 1 aromatic carbocycles. The van der Waals surface area contributed by atoms with Crippen LogP contribution in [0.15, 0.2) is 23.1 Å². The summed E-state index contributed by atoms with van der Waals surface area (Å²) in [6.45, 7) is 3.54. The fraction of sp³-hybridized carbons (Fsp3) is 0.455. The molecule has 0 bridgehead atoms. The number of aryl methyl sites for hydroxylation is 1. The minimum atomic E-state index is -3.43. The van der Waals surface area contributed by atoms with Crippen LogP contribution in [0.5, 0.6) is 0 Å². The van der Waals surface area contributed by atoms with Crippen molar-refractivity contribution >= 4 is 15.7 Å².